The molecule has 0 saturated heterocycles. The van der Waals surface area contributed by atoms with Gasteiger partial charge in [-0.1, -0.05) is 30.3 Å². The molecule has 8 nitrogen and oxygen atoms in total. The third-order valence-corrected chi connectivity index (χ3v) is 5.58. The van der Waals surface area contributed by atoms with Crippen LogP contribution >= 0.6 is 0 Å². The molecule has 1 aliphatic rings. The summed E-state index contributed by atoms with van der Waals surface area (Å²) in [6, 6.07) is 15.0. The molecule has 4 N–H and O–H groups in total. The van der Waals surface area contributed by atoms with Crippen LogP contribution in [-0.4, -0.2) is 43.5 Å². The number of aryl methyl sites for hydroxylation is 1. The van der Waals surface area contributed by atoms with Gasteiger partial charge in [0.05, 0.1) is 17.6 Å². The van der Waals surface area contributed by atoms with Crippen LogP contribution in [0, 0.1) is 6.92 Å². The molecule has 3 aromatic rings. The number of amides is 1. The number of anilines is 2. The smallest absolute Gasteiger partial charge is 0.335 e. The molecule has 0 bridgehead atoms. The lowest BCUT2D eigenvalue weighted by Gasteiger charge is -2.33. The fourth-order valence-electron chi connectivity index (χ4n) is 3.95. The minimum absolute atomic E-state index is 0.109. The summed E-state index contributed by atoms with van der Waals surface area (Å²) < 4.78 is 2.08. The van der Waals surface area contributed by atoms with Crippen molar-refractivity contribution < 1.29 is 14.7 Å². The normalized spacial score (nSPS) is 13.6. The van der Waals surface area contributed by atoms with Crippen molar-refractivity contribution >= 4 is 23.4 Å². The maximum Gasteiger partial charge on any atom is 0.335 e. The molecule has 1 aromatic heterocycles. The lowest BCUT2D eigenvalue weighted by atomic mass is 10.1. The number of benzene rings is 2. The van der Waals surface area contributed by atoms with Gasteiger partial charge in [-0.15, -0.1) is 0 Å². The van der Waals surface area contributed by atoms with E-state index in [1.165, 1.54) is 0 Å². The van der Waals surface area contributed by atoms with Crippen molar-refractivity contribution in [2.24, 2.45) is 5.73 Å². The van der Waals surface area contributed by atoms with Crippen LogP contribution in [-0.2, 0) is 17.9 Å². The van der Waals surface area contributed by atoms with Crippen molar-refractivity contribution in [3.8, 4) is 11.3 Å². The Morgan fingerprint density at radius 3 is 2.47 bits per heavy atom. The number of nitrogens with one attached hydrogen (secondary N) is 1. The van der Waals surface area contributed by atoms with E-state index in [2.05, 4.69) is 9.88 Å². The molecule has 0 aliphatic carbocycles. The van der Waals surface area contributed by atoms with Gasteiger partial charge in [0.15, 0.2) is 0 Å². The number of hydrogen-bond donors (Lipinski definition) is 3. The first-order valence-corrected chi connectivity index (χ1v) is 10.5. The van der Waals surface area contributed by atoms with Crippen LogP contribution in [0.5, 0.6) is 0 Å². The lowest BCUT2D eigenvalue weighted by Crippen LogP contribution is -2.52. The number of imidazole rings is 1. The molecule has 0 spiro atoms. The highest BCUT2D eigenvalue weighted by Gasteiger charge is 2.32. The van der Waals surface area contributed by atoms with Crippen LogP contribution in [0.1, 0.15) is 35.6 Å². The quantitative estimate of drug-likeness (QED) is 0.568. The number of carboxylic acid groups (broad SMARTS) is 1. The third kappa shape index (κ3) is 4.09. The van der Waals surface area contributed by atoms with Gasteiger partial charge in [0.1, 0.15) is 17.3 Å². The molecular weight excluding hydrogens is 406 g/mol. The maximum absolute atomic E-state index is 12.7. The van der Waals surface area contributed by atoms with Gasteiger partial charge in [0.2, 0.25) is 5.91 Å². The highest BCUT2D eigenvalue weighted by atomic mass is 16.4. The van der Waals surface area contributed by atoms with E-state index in [1.807, 2.05) is 36.4 Å². The van der Waals surface area contributed by atoms with Crippen molar-refractivity contribution in [1.29, 1.82) is 0 Å². The van der Waals surface area contributed by atoms with Crippen LogP contribution in [0.25, 0.3) is 11.3 Å². The van der Waals surface area contributed by atoms with Crippen molar-refractivity contribution in [3.63, 3.8) is 0 Å². The fraction of sp³-hybridized carbons (Fsp3) is 0.292. The Bertz CT molecular complexity index is 1180. The average Bonchev–Trinajstić information content (AvgIpc) is 3.10. The molecule has 8 heteroatoms. The van der Waals surface area contributed by atoms with E-state index in [9.17, 15) is 14.7 Å². The molecule has 2 heterocycles. The predicted octanol–water partition coefficient (Wildman–Crippen LogP) is 3.38. The third-order valence-electron chi connectivity index (χ3n) is 5.58. The second-order valence-corrected chi connectivity index (χ2v) is 8.65. The molecule has 2 aromatic carbocycles. The number of carboxylic acids is 1. The topological polar surface area (TPSA) is 113 Å². The summed E-state index contributed by atoms with van der Waals surface area (Å²) in [5.74, 6) is 0.526. The minimum Gasteiger partial charge on any atom is -0.478 e. The Morgan fingerprint density at radius 2 is 1.84 bits per heavy atom. The van der Waals surface area contributed by atoms with E-state index in [1.54, 1.807) is 37.8 Å². The first-order chi connectivity index (χ1) is 15.1. The molecule has 0 unspecified atom stereocenters. The fourth-order valence-corrected chi connectivity index (χ4v) is 3.95. The molecule has 1 amide bonds. The van der Waals surface area contributed by atoms with E-state index in [0.29, 0.717) is 25.2 Å². The van der Waals surface area contributed by atoms with Crippen LogP contribution in [0.2, 0.25) is 0 Å². The Balaban J connectivity index is 1.74. The van der Waals surface area contributed by atoms with E-state index in [4.69, 9.17) is 10.7 Å². The van der Waals surface area contributed by atoms with Gasteiger partial charge < -0.3 is 25.6 Å². The van der Waals surface area contributed by atoms with E-state index >= 15 is 0 Å². The summed E-state index contributed by atoms with van der Waals surface area (Å²) in [6.07, 6.45) is 0. The number of aromatic carboxylic acids is 1. The number of nitrogens with zero attached hydrogens (tertiary/aromatic N) is 3. The van der Waals surface area contributed by atoms with Crippen molar-refractivity contribution in [2.75, 3.05) is 11.9 Å². The minimum atomic E-state index is -0.951. The van der Waals surface area contributed by atoms with E-state index in [0.717, 1.165) is 28.6 Å². The molecule has 32 heavy (non-hydrogen) atoms. The summed E-state index contributed by atoms with van der Waals surface area (Å²) in [4.78, 5) is 30.7. The second kappa shape index (κ2) is 8.12. The Kier molecular flexibility index (Phi) is 5.48. The zero-order chi connectivity index (χ0) is 23.0. The second-order valence-electron chi connectivity index (χ2n) is 8.65. The molecule has 1 aliphatic heterocycles. The van der Waals surface area contributed by atoms with Gasteiger partial charge in [0.25, 0.3) is 0 Å². The first kappa shape index (κ1) is 21.6. The maximum atomic E-state index is 12.7. The van der Waals surface area contributed by atoms with Crippen molar-refractivity contribution in [2.45, 2.75) is 39.4 Å². The Labute approximate surface area is 186 Å². The molecule has 4 rings (SSSR count). The molecule has 0 radical (unpaired) electrons. The number of carbonyl (C=O) groups is 2. The molecule has 0 fully saturated rings. The molecule has 0 atom stereocenters. The van der Waals surface area contributed by atoms with Gasteiger partial charge in [-0.05, 0) is 44.5 Å². The zero-order valence-corrected chi connectivity index (χ0v) is 18.4. The zero-order valence-electron chi connectivity index (χ0n) is 18.4. The summed E-state index contributed by atoms with van der Waals surface area (Å²) >= 11 is 0. The van der Waals surface area contributed by atoms with Gasteiger partial charge in [-0.2, -0.15) is 0 Å². The Hall–Kier alpha value is -3.65. The molecular formula is C24H27N5O3. The van der Waals surface area contributed by atoms with Gasteiger partial charge >= 0.3 is 5.97 Å². The number of hydrogen-bond acceptors (Lipinski definition) is 5. The summed E-state index contributed by atoms with van der Waals surface area (Å²) in [6.45, 7) is 6.67. The van der Waals surface area contributed by atoms with E-state index < -0.39 is 11.5 Å². The molecule has 166 valence electrons. The Morgan fingerprint density at radius 1 is 1.12 bits per heavy atom. The van der Waals surface area contributed by atoms with Crippen LogP contribution in [0.4, 0.5) is 11.5 Å². The molecule has 0 saturated carbocycles. The van der Waals surface area contributed by atoms with Gasteiger partial charge in [-0.3, -0.25) is 4.79 Å². The van der Waals surface area contributed by atoms with Crippen LogP contribution in [0.3, 0.4) is 0 Å². The van der Waals surface area contributed by atoms with Crippen molar-refractivity contribution in [3.05, 3.63) is 65.5 Å². The number of carbonyl (C=O) groups excluding carboxylic acids is 1. The predicted molar refractivity (Wildman–Crippen MR) is 123 cm³/mol. The monoisotopic (exact) mass is 433 g/mol. The number of nitrogens with two attached hydrogens (primary N) is 1. The number of fused-ring (bicyclic) bond motifs is 1. The van der Waals surface area contributed by atoms with Gasteiger partial charge in [-0.25, -0.2) is 9.78 Å². The largest absolute Gasteiger partial charge is 0.478 e. The van der Waals surface area contributed by atoms with Crippen LogP contribution < -0.4 is 11.1 Å². The SMILES string of the molecule is Cc1cc(Nc2c(-c3ccccc3)nc3n2CCN(C(=O)C(C)(C)N)C3)ccc1C(=O)O. The lowest BCUT2D eigenvalue weighted by molar-refractivity contribution is -0.137. The first-order valence-electron chi connectivity index (χ1n) is 10.5. The number of aromatic nitrogens is 2. The summed E-state index contributed by atoms with van der Waals surface area (Å²) in [5, 5.41) is 12.8. The van der Waals surface area contributed by atoms with Gasteiger partial charge in [0, 0.05) is 24.3 Å². The average molecular weight is 434 g/mol. The van der Waals surface area contributed by atoms with Crippen LogP contribution in [0.15, 0.2) is 48.5 Å². The standard InChI is InChI=1S/C24H27N5O3/c1-15-13-17(9-10-18(15)22(30)31)26-21-20(16-7-5-4-6-8-16)27-19-14-28(11-12-29(19)21)23(32)24(2,3)25/h4-10,13,26H,11-12,14,25H2,1-3H3,(H,30,31). The summed E-state index contributed by atoms with van der Waals surface area (Å²) in [7, 11) is 0. The van der Waals surface area contributed by atoms with E-state index in [-0.39, 0.29) is 11.5 Å². The number of rotatable bonds is 5. The van der Waals surface area contributed by atoms with Crippen molar-refractivity contribution in [1.82, 2.24) is 14.5 Å². The highest BCUT2D eigenvalue weighted by molar-refractivity contribution is 5.90. The summed E-state index contributed by atoms with van der Waals surface area (Å²) in [5.41, 5.74) is 8.54. The highest BCUT2D eigenvalue weighted by Crippen LogP contribution is 2.33.